The van der Waals surface area contributed by atoms with E-state index in [-0.39, 0.29) is 16.9 Å². The molecule has 192 valence electrons. The number of carbonyl (C=O) groups excluding carboxylic acids is 4. The average Bonchev–Trinajstić information content (AvgIpc) is 2.80. The zero-order chi connectivity index (χ0) is 26.9. The molecule has 0 saturated heterocycles. The normalized spacial score (nSPS) is 31.7. The van der Waals surface area contributed by atoms with Crippen molar-refractivity contribution < 1.29 is 44.3 Å². The summed E-state index contributed by atoms with van der Waals surface area (Å²) in [7, 11) is 4.38. The molecule has 1 aromatic rings. The van der Waals surface area contributed by atoms with E-state index in [0.29, 0.717) is 5.56 Å². The monoisotopic (exact) mass is 499 g/mol. The highest BCUT2D eigenvalue weighted by Crippen LogP contribution is 2.55. The predicted molar refractivity (Wildman–Crippen MR) is 126 cm³/mol. The van der Waals surface area contributed by atoms with Crippen LogP contribution in [0.1, 0.15) is 42.1 Å². The van der Waals surface area contributed by atoms with Gasteiger partial charge in [0.25, 0.3) is 0 Å². The van der Waals surface area contributed by atoms with Gasteiger partial charge < -0.3 is 25.2 Å². The van der Waals surface area contributed by atoms with Crippen LogP contribution in [0.2, 0.25) is 0 Å². The number of carbonyl (C=O) groups is 4. The summed E-state index contributed by atoms with van der Waals surface area (Å²) < 4.78 is 5.33. The van der Waals surface area contributed by atoms with Crippen molar-refractivity contribution >= 4 is 23.1 Å². The van der Waals surface area contributed by atoms with E-state index in [4.69, 9.17) is 4.74 Å². The van der Waals surface area contributed by atoms with Crippen molar-refractivity contribution in [3.63, 3.8) is 0 Å². The lowest BCUT2D eigenvalue weighted by molar-refractivity contribution is -0.162. The van der Waals surface area contributed by atoms with Crippen LogP contribution in [-0.2, 0) is 14.4 Å². The number of methoxy groups -OCH3 is 1. The number of hydrogen-bond acceptors (Lipinski definition) is 10. The highest BCUT2D eigenvalue weighted by molar-refractivity contribution is 6.28. The third kappa shape index (κ3) is 3.28. The van der Waals surface area contributed by atoms with Gasteiger partial charge in [-0.2, -0.15) is 0 Å². The number of hydrogen-bond donors (Lipinski definition) is 4. The molecule has 10 nitrogen and oxygen atoms in total. The van der Waals surface area contributed by atoms with Crippen molar-refractivity contribution in [3.8, 4) is 5.75 Å². The zero-order valence-electron chi connectivity index (χ0n) is 20.6. The zero-order valence-corrected chi connectivity index (χ0v) is 20.6. The van der Waals surface area contributed by atoms with Crippen LogP contribution in [0.3, 0.4) is 0 Å². The van der Waals surface area contributed by atoms with Crippen LogP contribution in [0.15, 0.2) is 40.9 Å². The largest absolute Gasteiger partial charge is 0.510 e. The fraction of sp³-hybridized carbons (Fsp3) is 0.462. The second-order valence-electron chi connectivity index (χ2n) is 9.91. The summed E-state index contributed by atoms with van der Waals surface area (Å²) in [5.74, 6) is -8.27. The van der Waals surface area contributed by atoms with Crippen molar-refractivity contribution in [2.75, 3.05) is 21.2 Å². The predicted octanol–water partition coefficient (Wildman–Crippen LogP) is 1.02. The summed E-state index contributed by atoms with van der Waals surface area (Å²) in [6.45, 7) is 2.87. The lowest BCUT2D eigenvalue weighted by Gasteiger charge is -2.53. The van der Waals surface area contributed by atoms with E-state index in [1.165, 1.54) is 26.1 Å². The quantitative estimate of drug-likeness (QED) is 0.340. The Bertz CT molecular complexity index is 1260. The molecule has 3 aliphatic carbocycles. The second-order valence-corrected chi connectivity index (χ2v) is 9.91. The van der Waals surface area contributed by atoms with Gasteiger partial charge in [0.1, 0.15) is 28.6 Å². The number of nitrogens with zero attached hydrogens (tertiary/aromatic N) is 1. The van der Waals surface area contributed by atoms with Gasteiger partial charge in [-0.1, -0.05) is 19.1 Å². The Hall–Kier alpha value is -3.34. The maximum absolute atomic E-state index is 13.7. The standard InChI is InChI=1S/C26H29NO9/c1-10(28)9-13(29)17-23(32)20(27(3)4)19-22(31)15-11(2)12-7-6-8-14(36-5)16(12)21(30)18(15)25(34)26(19,35)24(17)33/h6-8,11,15,19-20,22,31-32,34-35H,9H2,1-5H3/t11-,15+,19+,20-,22-,26+/m0/s1. The van der Waals surface area contributed by atoms with Crippen molar-refractivity contribution in [1.82, 2.24) is 4.90 Å². The van der Waals surface area contributed by atoms with E-state index in [9.17, 15) is 39.6 Å². The van der Waals surface area contributed by atoms with Crippen LogP contribution < -0.4 is 4.74 Å². The molecule has 6 atom stereocenters. The Labute approximate surface area is 207 Å². The highest BCUT2D eigenvalue weighted by Gasteiger charge is 2.67. The first kappa shape index (κ1) is 25.7. The first-order valence-corrected chi connectivity index (χ1v) is 11.5. The molecule has 4 rings (SSSR count). The first-order valence-electron chi connectivity index (χ1n) is 11.5. The number of ketones is 4. The summed E-state index contributed by atoms with van der Waals surface area (Å²) in [5.41, 5.74) is -3.39. The SMILES string of the molecule is COc1cccc2c1C(=O)C1=C(O)[C@]3(O)C(=O)C(C(=O)CC(C)=O)=C(O)[C@@H](N(C)C)[C@@H]3[C@@H](O)[C@@H]1[C@H]2C. The molecule has 0 radical (unpaired) electrons. The Morgan fingerprint density at radius 1 is 1.17 bits per heavy atom. The van der Waals surface area contributed by atoms with Gasteiger partial charge in [-0.3, -0.25) is 24.1 Å². The summed E-state index contributed by atoms with van der Waals surface area (Å²) in [5, 5.41) is 45.9. The van der Waals surface area contributed by atoms with Crippen LogP contribution in [-0.4, -0.2) is 87.4 Å². The third-order valence-corrected chi connectivity index (χ3v) is 7.64. The van der Waals surface area contributed by atoms with E-state index in [1.54, 1.807) is 25.1 Å². The van der Waals surface area contributed by atoms with E-state index in [1.807, 2.05) is 0 Å². The van der Waals surface area contributed by atoms with Crippen molar-refractivity contribution in [3.05, 3.63) is 52.0 Å². The molecular formula is C26H29NO9. The molecule has 0 amide bonds. The molecule has 0 unspecified atom stereocenters. The van der Waals surface area contributed by atoms with E-state index < -0.39 is 82.1 Å². The van der Waals surface area contributed by atoms with Crippen molar-refractivity contribution in [1.29, 1.82) is 0 Å². The van der Waals surface area contributed by atoms with Gasteiger partial charge in [-0.05, 0) is 38.6 Å². The van der Waals surface area contributed by atoms with Gasteiger partial charge in [0.2, 0.25) is 5.78 Å². The molecule has 0 saturated carbocycles. The smallest absolute Gasteiger partial charge is 0.209 e. The Balaban J connectivity index is 2.02. The van der Waals surface area contributed by atoms with E-state index in [0.717, 1.165) is 6.92 Å². The minimum absolute atomic E-state index is 0.137. The van der Waals surface area contributed by atoms with Gasteiger partial charge in [-0.25, -0.2) is 0 Å². The number of ether oxygens (including phenoxy) is 1. The Morgan fingerprint density at radius 2 is 1.81 bits per heavy atom. The molecule has 4 N–H and O–H groups in total. The summed E-state index contributed by atoms with van der Waals surface area (Å²) in [6.07, 6.45) is -2.29. The molecule has 0 fully saturated rings. The van der Waals surface area contributed by atoms with Gasteiger partial charge in [0.05, 0.1) is 37.2 Å². The minimum atomic E-state index is -2.90. The highest BCUT2D eigenvalue weighted by atomic mass is 16.5. The molecule has 10 heteroatoms. The first-order chi connectivity index (χ1) is 16.8. The summed E-state index contributed by atoms with van der Waals surface area (Å²) in [4.78, 5) is 53.1. The number of benzene rings is 1. The van der Waals surface area contributed by atoms with Crippen molar-refractivity contribution in [2.24, 2.45) is 11.8 Å². The van der Waals surface area contributed by atoms with Crippen LogP contribution in [0, 0.1) is 11.8 Å². The number of aliphatic hydroxyl groups excluding tert-OH is 3. The average molecular weight is 500 g/mol. The number of fused-ring (bicyclic) bond motifs is 3. The van der Waals surface area contributed by atoms with Gasteiger partial charge in [-0.15, -0.1) is 0 Å². The molecule has 3 aliphatic rings. The number of rotatable bonds is 5. The molecule has 0 aromatic heterocycles. The lowest BCUT2D eigenvalue weighted by atomic mass is 9.55. The van der Waals surface area contributed by atoms with E-state index >= 15 is 0 Å². The Kier molecular flexibility index (Phi) is 6.19. The van der Waals surface area contributed by atoms with Crippen LogP contribution in [0.25, 0.3) is 0 Å². The number of likely N-dealkylation sites (N-methyl/N-ethyl adjacent to an activating group) is 1. The van der Waals surface area contributed by atoms with Gasteiger partial charge in [0.15, 0.2) is 17.2 Å². The molecule has 0 aliphatic heterocycles. The van der Waals surface area contributed by atoms with Gasteiger partial charge in [0, 0.05) is 11.5 Å². The maximum atomic E-state index is 13.7. The maximum Gasteiger partial charge on any atom is 0.209 e. The Morgan fingerprint density at radius 3 is 2.36 bits per heavy atom. The molecule has 1 aromatic carbocycles. The minimum Gasteiger partial charge on any atom is -0.510 e. The fourth-order valence-corrected chi connectivity index (χ4v) is 6.08. The molecule has 36 heavy (non-hydrogen) atoms. The summed E-state index contributed by atoms with van der Waals surface area (Å²) in [6, 6.07) is 3.67. The van der Waals surface area contributed by atoms with Gasteiger partial charge >= 0.3 is 0 Å². The third-order valence-electron chi connectivity index (χ3n) is 7.64. The fourth-order valence-electron chi connectivity index (χ4n) is 6.08. The topological polar surface area (TPSA) is 162 Å². The van der Waals surface area contributed by atoms with Crippen LogP contribution in [0.4, 0.5) is 0 Å². The second kappa shape index (κ2) is 8.65. The van der Waals surface area contributed by atoms with Crippen LogP contribution in [0.5, 0.6) is 5.75 Å². The molecule has 0 spiro atoms. The summed E-state index contributed by atoms with van der Waals surface area (Å²) >= 11 is 0. The molecular weight excluding hydrogens is 470 g/mol. The number of Topliss-reactive ketones (excluding diaryl/α,β-unsaturated/α-hetero) is 4. The van der Waals surface area contributed by atoms with Crippen molar-refractivity contribution in [2.45, 2.75) is 43.9 Å². The van der Waals surface area contributed by atoms with Crippen LogP contribution >= 0.6 is 0 Å². The molecule has 0 heterocycles. The van der Waals surface area contributed by atoms with E-state index in [2.05, 4.69) is 0 Å². The lowest BCUT2D eigenvalue weighted by Crippen LogP contribution is -2.68. The molecule has 0 bridgehead atoms. The number of aliphatic hydroxyl groups is 4.